The Morgan fingerprint density at radius 1 is 0.896 bits per heavy atom. The summed E-state index contributed by atoms with van der Waals surface area (Å²) in [5.74, 6) is 5.95. The molecule has 0 bridgehead atoms. The number of benzene rings is 2. The SMILES string of the molecule is [2H]C(C)(C)c1ccc2c(n1)oc1c(-c3cc(C([2H])([2H])C(C)(C)C)ccn3)[c-]ccc12.[2H]C([2H])(c1cc(-c2[c-]cccc2)nc[c]1[Ge]([CH3])([CH3])[CH3])C(C)C.[Ir]. The summed E-state index contributed by atoms with van der Waals surface area (Å²) in [7, 11) is 0. The molecule has 0 amide bonds. The molecule has 0 saturated heterocycles. The van der Waals surface area contributed by atoms with Gasteiger partial charge in [0.1, 0.15) is 0 Å². The number of aromatic nitrogens is 3. The topological polar surface area (TPSA) is 51.8 Å². The van der Waals surface area contributed by atoms with Crippen LogP contribution in [0.4, 0.5) is 0 Å². The molecular weight excluding hydrogens is 827 g/mol. The summed E-state index contributed by atoms with van der Waals surface area (Å²) >= 11 is -2.20. The number of fused-ring (bicyclic) bond motifs is 3. The van der Waals surface area contributed by atoms with Crippen molar-refractivity contribution >= 4 is 39.7 Å². The van der Waals surface area contributed by atoms with Crippen LogP contribution in [0.1, 0.15) is 78.0 Å². The van der Waals surface area contributed by atoms with Gasteiger partial charge in [0.25, 0.3) is 0 Å². The maximum Gasteiger partial charge on any atom is 0 e. The average Bonchev–Trinajstić information content (AvgIpc) is 3.46. The Labute approximate surface area is 311 Å². The largest absolute Gasteiger partial charge is 0 e. The number of rotatable bonds is 7. The maximum atomic E-state index is 8.59. The number of furan rings is 1. The van der Waals surface area contributed by atoms with E-state index in [1.165, 1.54) is 0 Å². The van der Waals surface area contributed by atoms with Crippen molar-refractivity contribution in [2.24, 2.45) is 11.3 Å². The van der Waals surface area contributed by atoms with Crippen LogP contribution in [-0.2, 0) is 32.9 Å². The van der Waals surface area contributed by atoms with Crippen molar-refractivity contribution in [2.45, 2.75) is 84.4 Å². The Bertz CT molecular complexity index is 2200. The van der Waals surface area contributed by atoms with E-state index in [0.717, 1.165) is 32.0 Å². The van der Waals surface area contributed by atoms with Gasteiger partial charge in [-0.2, -0.15) is 0 Å². The van der Waals surface area contributed by atoms with Gasteiger partial charge in [-0.25, -0.2) is 4.98 Å². The van der Waals surface area contributed by atoms with Crippen LogP contribution in [0.3, 0.4) is 0 Å². The van der Waals surface area contributed by atoms with Crippen LogP contribution in [0.2, 0.25) is 17.3 Å². The molecule has 0 aliphatic carbocycles. The van der Waals surface area contributed by atoms with Crippen molar-refractivity contribution < 1.29 is 31.4 Å². The summed E-state index contributed by atoms with van der Waals surface area (Å²) in [5, 5.41) is 1.76. The van der Waals surface area contributed by atoms with E-state index in [1.807, 2.05) is 95.4 Å². The average molecular weight is 882 g/mol. The van der Waals surface area contributed by atoms with E-state index in [1.54, 1.807) is 32.2 Å². The third kappa shape index (κ3) is 9.31. The minimum atomic E-state index is -2.20. The third-order valence-electron chi connectivity index (χ3n) is 7.49. The van der Waals surface area contributed by atoms with Gasteiger partial charge in [0.15, 0.2) is 0 Å². The van der Waals surface area contributed by atoms with Crippen molar-refractivity contribution in [3.63, 3.8) is 0 Å². The van der Waals surface area contributed by atoms with Gasteiger partial charge in [0.05, 0.1) is 5.58 Å². The molecule has 1 radical (unpaired) electrons. The molecular formula is C42H49GeIrN3O-2. The summed E-state index contributed by atoms with van der Waals surface area (Å²) < 4.78 is 49.8. The fourth-order valence-corrected chi connectivity index (χ4v) is 8.30. The second-order valence-corrected chi connectivity index (χ2v) is 25.1. The molecule has 6 rings (SSSR count). The number of pyridine rings is 3. The standard InChI is InChI=1S/C24H25N2O.C18H24GeN.Ir/c1-15(2)20-10-9-18-17-7-6-8-19(22(17)27-23(18)26-20)21-13-16(11-12-25-21)14-24(3,4)5;1-14(2)11-16-12-18(15-9-7-6-8-10-15)20-13-17(16)19(3,4)5;/h6-7,9-13,15H,14H2,1-5H3;6-9,12-14H,11H2,1-5H3;/q2*-1;/i14D2,15D;11D2;. The molecule has 4 aromatic heterocycles. The van der Waals surface area contributed by atoms with E-state index in [9.17, 15) is 0 Å². The van der Waals surface area contributed by atoms with E-state index >= 15 is 0 Å². The first-order valence-electron chi connectivity index (χ1n) is 18.7. The summed E-state index contributed by atoms with van der Waals surface area (Å²) in [6, 6.07) is 27.1. The third-order valence-corrected chi connectivity index (χ3v) is 11.7. The van der Waals surface area contributed by atoms with Gasteiger partial charge >= 0.3 is 128 Å². The Morgan fingerprint density at radius 2 is 1.67 bits per heavy atom. The molecule has 0 atom stereocenters. The van der Waals surface area contributed by atoms with Crippen molar-refractivity contribution in [1.82, 2.24) is 15.0 Å². The van der Waals surface area contributed by atoms with E-state index in [4.69, 9.17) is 11.3 Å². The Balaban J connectivity index is 0.000000244. The minimum Gasteiger partial charge on any atom is 0 e. The summed E-state index contributed by atoms with van der Waals surface area (Å²) in [4.78, 5) is 13.6. The molecule has 4 heterocycles. The van der Waals surface area contributed by atoms with Crippen LogP contribution in [0, 0.1) is 23.5 Å². The van der Waals surface area contributed by atoms with Crippen LogP contribution in [-0.4, -0.2) is 28.2 Å². The molecule has 0 spiro atoms. The molecule has 0 N–H and O–H groups in total. The second-order valence-electron chi connectivity index (χ2n) is 14.5. The Morgan fingerprint density at radius 3 is 2.31 bits per heavy atom. The van der Waals surface area contributed by atoms with Crippen LogP contribution < -0.4 is 4.40 Å². The quantitative estimate of drug-likeness (QED) is 0.118. The van der Waals surface area contributed by atoms with Gasteiger partial charge in [-0.15, -0.1) is 18.2 Å². The monoisotopic (exact) mass is 883 g/mol. The van der Waals surface area contributed by atoms with E-state index < -0.39 is 37.3 Å². The van der Waals surface area contributed by atoms with Crippen LogP contribution in [0.25, 0.3) is 44.6 Å². The van der Waals surface area contributed by atoms with Gasteiger partial charge in [-0.05, 0) is 41.6 Å². The zero-order valence-corrected chi connectivity index (χ0v) is 34.2. The van der Waals surface area contributed by atoms with Gasteiger partial charge in [0.2, 0.25) is 5.71 Å². The Hall–Kier alpha value is -3.12. The second kappa shape index (κ2) is 15.6. The predicted octanol–water partition coefficient (Wildman–Crippen LogP) is 10.8. The molecule has 0 aliphatic rings. The van der Waals surface area contributed by atoms with Gasteiger partial charge in [-0.1, -0.05) is 57.2 Å². The molecule has 6 aromatic rings. The molecule has 4 nitrogen and oxygen atoms in total. The fourth-order valence-electron chi connectivity index (χ4n) is 5.35. The van der Waals surface area contributed by atoms with E-state index in [-0.39, 0.29) is 26.0 Å². The number of hydrogen-bond acceptors (Lipinski definition) is 4. The summed E-state index contributed by atoms with van der Waals surface area (Å²) in [5.41, 5.74) is 5.53. The molecule has 48 heavy (non-hydrogen) atoms. The van der Waals surface area contributed by atoms with Gasteiger partial charge in [0, 0.05) is 41.5 Å². The molecule has 6 heteroatoms. The smallest absolute Gasteiger partial charge is 0 e. The summed E-state index contributed by atoms with van der Waals surface area (Å²) in [6.45, 7) is 13.1. The first kappa shape index (κ1) is 30.9. The number of hydrogen-bond donors (Lipinski definition) is 0. The van der Waals surface area contributed by atoms with Gasteiger partial charge in [-0.3, -0.25) is 0 Å². The molecule has 0 fully saturated rings. The molecule has 0 saturated carbocycles. The van der Waals surface area contributed by atoms with Crippen LogP contribution in [0.5, 0.6) is 0 Å². The maximum absolute atomic E-state index is 8.59. The first-order valence-corrected chi connectivity index (χ1v) is 23.6. The van der Waals surface area contributed by atoms with Crippen molar-refractivity contribution in [3.05, 3.63) is 108 Å². The molecule has 0 aliphatic heterocycles. The van der Waals surface area contributed by atoms with E-state index in [0.29, 0.717) is 33.8 Å². The van der Waals surface area contributed by atoms with Crippen molar-refractivity contribution in [2.75, 3.05) is 0 Å². The summed E-state index contributed by atoms with van der Waals surface area (Å²) in [6.07, 6.45) is 0.664. The zero-order chi connectivity index (χ0) is 38.4. The van der Waals surface area contributed by atoms with Crippen molar-refractivity contribution in [3.8, 4) is 22.5 Å². The normalized spacial score (nSPS) is 14.3. The zero-order valence-electron chi connectivity index (χ0n) is 34.7. The first-order chi connectivity index (χ1) is 24.0. The molecule has 0 unspecified atom stereocenters. The minimum absolute atomic E-state index is 0. The number of nitrogens with zero attached hydrogens (tertiary/aromatic N) is 3. The van der Waals surface area contributed by atoms with E-state index in [2.05, 4.69) is 44.4 Å². The molecule has 2 aromatic carbocycles. The van der Waals surface area contributed by atoms with Crippen molar-refractivity contribution in [1.29, 1.82) is 0 Å². The molecule has 253 valence electrons. The van der Waals surface area contributed by atoms with Crippen LogP contribution in [0.15, 0.2) is 83.5 Å². The van der Waals surface area contributed by atoms with Crippen LogP contribution >= 0.6 is 0 Å². The van der Waals surface area contributed by atoms with Gasteiger partial charge < -0.3 is 9.40 Å². The fraction of sp³-hybridized carbons (Fsp3) is 0.357. The Kier molecular flexibility index (Phi) is 10.1. The predicted molar refractivity (Wildman–Crippen MR) is 201 cm³/mol.